The highest BCUT2D eigenvalue weighted by atomic mass is 16.2. The zero-order valence-electron chi connectivity index (χ0n) is 6.65. The highest BCUT2D eigenvalue weighted by Crippen LogP contribution is 1.97. The highest BCUT2D eigenvalue weighted by Gasteiger charge is 2.07. The van der Waals surface area contributed by atoms with Gasteiger partial charge in [0.2, 0.25) is 5.91 Å². The number of imide groups is 1. The fraction of sp³-hybridized carbons (Fsp3) is 0.111. The Bertz CT molecular complexity index is 293. The van der Waals surface area contributed by atoms with Gasteiger partial charge >= 0.3 is 0 Å². The maximum atomic E-state index is 11.1. The molecular weight excluding hydrogens is 154 g/mol. The van der Waals surface area contributed by atoms with Gasteiger partial charge in [-0.3, -0.25) is 9.59 Å². The van der Waals surface area contributed by atoms with Crippen molar-refractivity contribution in [3.05, 3.63) is 35.9 Å². The second kappa shape index (κ2) is 3.67. The van der Waals surface area contributed by atoms with E-state index in [4.69, 9.17) is 0 Å². The summed E-state index contributed by atoms with van der Waals surface area (Å²) in [7, 11) is 0. The minimum atomic E-state index is -0.483. The van der Waals surface area contributed by atoms with Crippen molar-refractivity contribution < 1.29 is 9.59 Å². The van der Waals surface area contributed by atoms with Crippen LogP contribution in [0.4, 0.5) is 0 Å². The van der Waals surface area contributed by atoms with E-state index < -0.39 is 11.8 Å². The molecule has 12 heavy (non-hydrogen) atoms. The molecule has 1 aromatic rings. The van der Waals surface area contributed by atoms with Crippen LogP contribution in [0.2, 0.25) is 0 Å². The van der Waals surface area contributed by atoms with Gasteiger partial charge in [0.25, 0.3) is 5.91 Å². The predicted molar refractivity (Wildman–Crippen MR) is 43.6 cm³/mol. The average Bonchev–Trinajstić information content (AvgIpc) is 2.05. The van der Waals surface area contributed by atoms with Crippen LogP contribution in [0.25, 0.3) is 0 Å². The van der Waals surface area contributed by atoms with E-state index in [0.717, 1.165) is 0 Å². The van der Waals surface area contributed by atoms with Gasteiger partial charge in [0.05, 0.1) is 0 Å². The summed E-state index contributed by atoms with van der Waals surface area (Å²) in [5.41, 5.74) is 0.438. The summed E-state index contributed by atoms with van der Waals surface area (Å²) in [6.07, 6.45) is 0. The smallest absolute Gasteiger partial charge is 0.273 e. The third-order valence-corrected chi connectivity index (χ3v) is 1.28. The molecule has 61 valence electrons. The molecule has 0 heterocycles. The van der Waals surface area contributed by atoms with E-state index in [9.17, 15) is 9.59 Å². The number of nitrogens with zero attached hydrogens (tertiary/aromatic N) is 1. The van der Waals surface area contributed by atoms with Gasteiger partial charge in [0, 0.05) is 12.5 Å². The zero-order chi connectivity index (χ0) is 8.97. The first kappa shape index (κ1) is 8.46. The van der Waals surface area contributed by atoms with Crippen LogP contribution in [-0.2, 0) is 4.79 Å². The lowest BCUT2D eigenvalue weighted by Crippen LogP contribution is -2.19. The number of hydrogen-bond acceptors (Lipinski definition) is 2. The van der Waals surface area contributed by atoms with E-state index in [-0.39, 0.29) is 0 Å². The lowest BCUT2D eigenvalue weighted by atomic mass is 10.2. The molecule has 0 unspecified atom stereocenters. The van der Waals surface area contributed by atoms with Crippen LogP contribution >= 0.6 is 0 Å². The molecule has 0 N–H and O–H groups in total. The summed E-state index contributed by atoms with van der Waals surface area (Å²) in [6, 6.07) is 8.49. The Morgan fingerprint density at radius 1 is 1.17 bits per heavy atom. The molecule has 0 fully saturated rings. The van der Waals surface area contributed by atoms with Crippen molar-refractivity contribution in [1.29, 1.82) is 0 Å². The van der Waals surface area contributed by atoms with Gasteiger partial charge in [-0.2, -0.15) is 5.32 Å². The standard InChI is InChI=1S/C9H8NO2/c1-7(11)10-9(12)8-5-3-2-4-6-8/h2-6H,1H3. The van der Waals surface area contributed by atoms with Crippen LogP contribution in [-0.4, -0.2) is 11.8 Å². The lowest BCUT2D eigenvalue weighted by molar-refractivity contribution is -0.118. The average molecular weight is 162 g/mol. The van der Waals surface area contributed by atoms with Gasteiger partial charge in [-0.25, -0.2) is 0 Å². The first-order chi connectivity index (χ1) is 5.70. The molecule has 0 aliphatic carbocycles. The first-order valence-corrected chi connectivity index (χ1v) is 3.52. The fourth-order valence-electron chi connectivity index (χ4n) is 0.788. The molecule has 0 aliphatic rings. The van der Waals surface area contributed by atoms with Crippen LogP contribution in [0.3, 0.4) is 0 Å². The maximum Gasteiger partial charge on any atom is 0.280 e. The molecule has 0 saturated heterocycles. The second-order valence-electron chi connectivity index (χ2n) is 2.30. The Morgan fingerprint density at radius 3 is 2.25 bits per heavy atom. The molecule has 1 radical (unpaired) electrons. The summed E-state index contributed by atoms with van der Waals surface area (Å²) in [5.74, 6) is -0.952. The van der Waals surface area contributed by atoms with Crippen molar-refractivity contribution in [3.63, 3.8) is 0 Å². The minimum absolute atomic E-state index is 0.438. The second-order valence-corrected chi connectivity index (χ2v) is 2.30. The van der Waals surface area contributed by atoms with Crippen molar-refractivity contribution in [2.75, 3.05) is 0 Å². The number of amides is 2. The van der Waals surface area contributed by atoms with E-state index in [1.165, 1.54) is 6.92 Å². The molecule has 0 aliphatic heterocycles. The minimum Gasteiger partial charge on any atom is -0.273 e. The van der Waals surface area contributed by atoms with Crippen molar-refractivity contribution in [1.82, 2.24) is 5.32 Å². The van der Waals surface area contributed by atoms with Gasteiger partial charge < -0.3 is 0 Å². The predicted octanol–water partition coefficient (Wildman–Crippen LogP) is 0.978. The Kier molecular flexibility index (Phi) is 2.58. The Balaban J connectivity index is 2.73. The first-order valence-electron chi connectivity index (χ1n) is 3.52. The van der Waals surface area contributed by atoms with Gasteiger partial charge in [-0.15, -0.1) is 0 Å². The number of benzene rings is 1. The molecule has 0 aromatic heterocycles. The van der Waals surface area contributed by atoms with E-state index >= 15 is 0 Å². The van der Waals surface area contributed by atoms with Crippen LogP contribution in [0.5, 0.6) is 0 Å². The lowest BCUT2D eigenvalue weighted by Gasteiger charge is -1.95. The number of hydrogen-bond donors (Lipinski definition) is 0. The molecule has 1 rings (SSSR count). The topological polar surface area (TPSA) is 48.2 Å². The molecular formula is C9H8NO2. The summed E-state index contributed by atoms with van der Waals surface area (Å²) in [6.45, 7) is 1.25. The van der Waals surface area contributed by atoms with Crippen molar-refractivity contribution in [3.8, 4) is 0 Å². The summed E-state index contributed by atoms with van der Waals surface area (Å²) < 4.78 is 0. The van der Waals surface area contributed by atoms with Crippen LogP contribution < -0.4 is 5.32 Å². The summed E-state index contributed by atoms with van der Waals surface area (Å²) in [4.78, 5) is 21.5. The monoisotopic (exact) mass is 162 g/mol. The summed E-state index contributed by atoms with van der Waals surface area (Å²) >= 11 is 0. The molecule has 1 aromatic carbocycles. The summed E-state index contributed by atoms with van der Waals surface area (Å²) in [5, 5.41) is 3.27. The van der Waals surface area contributed by atoms with Gasteiger partial charge in [-0.05, 0) is 12.1 Å². The quantitative estimate of drug-likeness (QED) is 0.618. The molecule has 0 atom stereocenters. The molecule has 2 amide bonds. The van der Waals surface area contributed by atoms with E-state index in [0.29, 0.717) is 5.56 Å². The molecule has 0 bridgehead atoms. The Morgan fingerprint density at radius 2 is 1.75 bits per heavy atom. The van der Waals surface area contributed by atoms with Crippen LogP contribution in [0, 0.1) is 0 Å². The van der Waals surface area contributed by atoms with Crippen LogP contribution in [0.1, 0.15) is 17.3 Å². The van der Waals surface area contributed by atoms with Crippen molar-refractivity contribution in [2.45, 2.75) is 6.92 Å². The molecule has 0 spiro atoms. The van der Waals surface area contributed by atoms with E-state index in [2.05, 4.69) is 5.32 Å². The van der Waals surface area contributed by atoms with Gasteiger partial charge in [0.1, 0.15) is 0 Å². The van der Waals surface area contributed by atoms with Crippen LogP contribution in [0.15, 0.2) is 30.3 Å². The largest absolute Gasteiger partial charge is 0.280 e. The Labute approximate surface area is 70.4 Å². The maximum absolute atomic E-state index is 11.1. The number of carbonyl (C=O) groups excluding carboxylic acids is 2. The highest BCUT2D eigenvalue weighted by molar-refractivity contribution is 6.03. The Hall–Kier alpha value is -1.64. The molecule has 3 heteroatoms. The van der Waals surface area contributed by atoms with E-state index in [1.807, 2.05) is 0 Å². The van der Waals surface area contributed by atoms with Gasteiger partial charge in [0.15, 0.2) is 0 Å². The molecule has 3 nitrogen and oxygen atoms in total. The normalized spacial score (nSPS) is 9.08. The molecule has 0 saturated carbocycles. The van der Waals surface area contributed by atoms with Crippen molar-refractivity contribution in [2.24, 2.45) is 0 Å². The van der Waals surface area contributed by atoms with Gasteiger partial charge in [-0.1, -0.05) is 18.2 Å². The third-order valence-electron chi connectivity index (χ3n) is 1.28. The van der Waals surface area contributed by atoms with E-state index in [1.54, 1.807) is 30.3 Å². The number of rotatable bonds is 1. The zero-order valence-corrected chi connectivity index (χ0v) is 6.65. The number of carbonyl (C=O) groups is 2. The van der Waals surface area contributed by atoms with Crippen molar-refractivity contribution >= 4 is 11.8 Å². The fourth-order valence-corrected chi connectivity index (χ4v) is 0.788. The SMILES string of the molecule is CC(=O)[N]C(=O)c1ccccc1. The third kappa shape index (κ3) is 2.20.